The summed E-state index contributed by atoms with van der Waals surface area (Å²) in [5.41, 5.74) is 4.80. The maximum Gasteiger partial charge on any atom is 0.270 e. The van der Waals surface area contributed by atoms with Crippen molar-refractivity contribution in [1.82, 2.24) is 25.2 Å². The van der Waals surface area contributed by atoms with Crippen LogP contribution in [0.5, 0.6) is 0 Å². The molecule has 0 atom stereocenters. The molecule has 0 spiro atoms. The standard InChI is InChI=1S/C25H30N6O3/c1-2-17-10-22-23(29-24(17)33)9-16(13-26-22)15-30-5-7-31(8-6-30)19-3-4-21(27-14-19)25(34)28-18-11-20(32)12-18/h3-4,9-10,13-14,18,20,32H,2,5-8,11-12,15H2,1H3,(H,28,34)(H,29,33). The summed E-state index contributed by atoms with van der Waals surface area (Å²) in [6.07, 6.45) is 5.27. The number of carbonyl (C=O) groups is 1. The number of aromatic amines is 1. The molecule has 5 rings (SSSR count). The molecular weight excluding hydrogens is 432 g/mol. The molecule has 0 bridgehead atoms. The monoisotopic (exact) mass is 462 g/mol. The van der Waals surface area contributed by atoms with Crippen LogP contribution in [0.4, 0.5) is 5.69 Å². The summed E-state index contributed by atoms with van der Waals surface area (Å²) in [6.45, 7) is 6.27. The zero-order chi connectivity index (χ0) is 23.7. The molecule has 1 saturated carbocycles. The van der Waals surface area contributed by atoms with Gasteiger partial charge in [-0.1, -0.05) is 6.92 Å². The lowest BCUT2D eigenvalue weighted by Gasteiger charge is -2.36. The maximum absolute atomic E-state index is 12.3. The molecular formula is C25H30N6O3. The van der Waals surface area contributed by atoms with Crippen molar-refractivity contribution in [3.63, 3.8) is 0 Å². The van der Waals surface area contributed by atoms with Crippen molar-refractivity contribution in [2.75, 3.05) is 31.1 Å². The average molecular weight is 463 g/mol. The number of amides is 1. The van der Waals surface area contributed by atoms with E-state index in [1.807, 2.05) is 31.3 Å². The van der Waals surface area contributed by atoms with Crippen molar-refractivity contribution >= 4 is 22.6 Å². The predicted octanol–water partition coefficient (Wildman–Crippen LogP) is 1.46. The molecule has 34 heavy (non-hydrogen) atoms. The predicted molar refractivity (Wildman–Crippen MR) is 130 cm³/mol. The fraction of sp³-hybridized carbons (Fsp3) is 0.440. The van der Waals surface area contributed by atoms with Crippen LogP contribution in [0.3, 0.4) is 0 Å². The van der Waals surface area contributed by atoms with Crippen LogP contribution in [-0.2, 0) is 13.0 Å². The lowest BCUT2D eigenvalue weighted by molar-refractivity contribution is 0.0560. The Balaban J connectivity index is 1.15. The van der Waals surface area contributed by atoms with Gasteiger partial charge in [-0.2, -0.15) is 0 Å². The van der Waals surface area contributed by atoms with Gasteiger partial charge < -0.3 is 20.3 Å². The molecule has 4 heterocycles. The largest absolute Gasteiger partial charge is 0.393 e. The van der Waals surface area contributed by atoms with Gasteiger partial charge in [-0.3, -0.25) is 19.5 Å². The number of fused-ring (bicyclic) bond motifs is 1. The molecule has 0 aromatic carbocycles. The Morgan fingerprint density at radius 1 is 1.15 bits per heavy atom. The van der Waals surface area contributed by atoms with Crippen LogP contribution < -0.4 is 15.8 Å². The van der Waals surface area contributed by atoms with E-state index < -0.39 is 0 Å². The van der Waals surface area contributed by atoms with Crippen molar-refractivity contribution in [3.05, 3.63) is 63.8 Å². The third kappa shape index (κ3) is 4.80. The number of nitrogens with zero attached hydrogens (tertiary/aromatic N) is 4. The number of rotatable bonds is 6. The normalized spacial score (nSPS) is 20.8. The number of nitrogens with one attached hydrogen (secondary N) is 2. The van der Waals surface area contributed by atoms with E-state index in [4.69, 9.17) is 0 Å². The number of anilines is 1. The van der Waals surface area contributed by atoms with Gasteiger partial charge in [0.15, 0.2) is 0 Å². The number of hydrogen-bond donors (Lipinski definition) is 3. The maximum atomic E-state index is 12.3. The summed E-state index contributed by atoms with van der Waals surface area (Å²) in [7, 11) is 0. The summed E-state index contributed by atoms with van der Waals surface area (Å²) >= 11 is 0. The summed E-state index contributed by atoms with van der Waals surface area (Å²) in [5.74, 6) is -0.190. The summed E-state index contributed by atoms with van der Waals surface area (Å²) < 4.78 is 0. The minimum absolute atomic E-state index is 0.0403. The van der Waals surface area contributed by atoms with E-state index in [-0.39, 0.29) is 23.6 Å². The van der Waals surface area contributed by atoms with Crippen LogP contribution in [0, 0.1) is 0 Å². The second-order valence-electron chi connectivity index (χ2n) is 9.21. The van der Waals surface area contributed by atoms with Gasteiger partial charge >= 0.3 is 0 Å². The van der Waals surface area contributed by atoms with Gasteiger partial charge in [-0.25, -0.2) is 4.98 Å². The van der Waals surface area contributed by atoms with Crippen LogP contribution >= 0.6 is 0 Å². The number of aryl methyl sites for hydroxylation is 1. The molecule has 9 nitrogen and oxygen atoms in total. The molecule has 1 amide bonds. The highest BCUT2D eigenvalue weighted by atomic mass is 16.3. The van der Waals surface area contributed by atoms with Crippen molar-refractivity contribution in [2.24, 2.45) is 0 Å². The third-order valence-electron chi connectivity index (χ3n) is 6.78. The molecule has 2 fully saturated rings. The second kappa shape index (κ2) is 9.52. The average Bonchev–Trinajstić information content (AvgIpc) is 2.83. The van der Waals surface area contributed by atoms with Crippen LogP contribution in [0.2, 0.25) is 0 Å². The number of carbonyl (C=O) groups excluding carboxylic acids is 1. The molecule has 3 N–H and O–H groups in total. The number of aliphatic hydroxyl groups is 1. The number of pyridine rings is 3. The summed E-state index contributed by atoms with van der Waals surface area (Å²) in [4.78, 5) is 40.9. The quantitative estimate of drug-likeness (QED) is 0.508. The molecule has 1 saturated heterocycles. The Bertz CT molecular complexity index is 1230. The Morgan fingerprint density at radius 2 is 1.94 bits per heavy atom. The molecule has 1 aliphatic heterocycles. The minimum atomic E-state index is -0.296. The molecule has 3 aromatic rings. The Morgan fingerprint density at radius 3 is 2.62 bits per heavy atom. The van der Waals surface area contributed by atoms with Gasteiger partial charge in [0, 0.05) is 50.5 Å². The highest BCUT2D eigenvalue weighted by Gasteiger charge is 2.29. The zero-order valence-electron chi connectivity index (χ0n) is 19.3. The first-order valence-electron chi connectivity index (χ1n) is 11.9. The lowest BCUT2D eigenvalue weighted by Crippen LogP contribution is -2.47. The Hall–Kier alpha value is -3.30. The van der Waals surface area contributed by atoms with Gasteiger partial charge in [0.2, 0.25) is 0 Å². The van der Waals surface area contributed by atoms with Crippen LogP contribution in [-0.4, -0.2) is 69.2 Å². The van der Waals surface area contributed by atoms with Crippen molar-refractivity contribution in [2.45, 2.75) is 44.9 Å². The summed E-state index contributed by atoms with van der Waals surface area (Å²) in [5, 5.41) is 12.3. The van der Waals surface area contributed by atoms with E-state index >= 15 is 0 Å². The van der Waals surface area contributed by atoms with E-state index in [0.29, 0.717) is 25.0 Å². The molecule has 0 unspecified atom stereocenters. The summed E-state index contributed by atoms with van der Waals surface area (Å²) in [6, 6.07) is 7.65. The van der Waals surface area contributed by atoms with Gasteiger partial charge in [0.05, 0.1) is 29.0 Å². The first-order valence-corrected chi connectivity index (χ1v) is 11.9. The van der Waals surface area contributed by atoms with E-state index in [1.165, 1.54) is 0 Å². The molecule has 9 heteroatoms. The number of piperazine rings is 1. The number of aliphatic hydroxyl groups excluding tert-OH is 1. The van der Waals surface area contributed by atoms with Gasteiger partial charge in [-0.05, 0) is 49.1 Å². The minimum Gasteiger partial charge on any atom is -0.393 e. The number of H-pyrrole nitrogens is 1. The highest BCUT2D eigenvalue weighted by molar-refractivity contribution is 5.92. The highest BCUT2D eigenvalue weighted by Crippen LogP contribution is 2.21. The molecule has 2 aliphatic rings. The first-order chi connectivity index (χ1) is 16.5. The van der Waals surface area contributed by atoms with Crippen LogP contribution in [0.1, 0.15) is 41.4 Å². The second-order valence-corrected chi connectivity index (χ2v) is 9.21. The van der Waals surface area contributed by atoms with Gasteiger partial charge in [-0.15, -0.1) is 0 Å². The molecule has 1 aliphatic carbocycles. The Labute approximate surface area is 197 Å². The molecule has 3 aromatic heterocycles. The van der Waals surface area contributed by atoms with Crippen molar-refractivity contribution < 1.29 is 9.90 Å². The third-order valence-corrected chi connectivity index (χ3v) is 6.78. The molecule has 0 radical (unpaired) electrons. The van der Waals surface area contributed by atoms with E-state index in [0.717, 1.165) is 60.6 Å². The van der Waals surface area contributed by atoms with Crippen molar-refractivity contribution in [1.29, 1.82) is 0 Å². The first kappa shape index (κ1) is 22.5. The fourth-order valence-corrected chi connectivity index (χ4v) is 4.61. The zero-order valence-corrected chi connectivity index (χ0v) is 19.3. The van der Waals surface area contributed by atoms with E-state index in [2.05, 4.69) is 30.1 Å². The smallest absolute Gasteiger partial charge is 0.270 e. The van der Waals surface area contributed by atoms with E-state index in [9.17, 15) is 14.7 Å². The molecule has 178 valence electrons. The Kier molecular flexibility index (Phi) is 6.30. The van der Waals surface area contributed by atoms with E-state index in [1.54, 1.807) is 12.3 Å². The van der Waals surface area contributed by atoms with Gasteiger partial charge in [0.25, 0.3) is 11.5 Å². The van der Waals surface area contributed by atoms with Crippen molar-refractivity contribution in [3.8, 4) is 0 Å². The van der Waals surface area contributed by atoms with Gasteiger partial charge in [0.1, 0.15) is 5.69 Å². The van der Waals surface area contributed by atoms with Crippen LogP contribution in [0.25, 0.3) is 11.0 Å². The number of hydrogen-bond acceptors (Lipinski definition) is 7. The fourth-order valence-electron chi connectivity index (χ4n) is 4.61. The SMILES string of the molecule is CCc1cc2ncc(CN3CCN(c4ccc(C(=O)NC5CC(O)C5)nc4)CC3)cc2[nH]c1=O. The van der Waals surface area contributed by atoms with Crippen LogP contribution in [0.15, 0.2) is 41.5 Å². The topological polar surface area (TPSA) is 114 Å². The lowest BCUT2D eigenvalue weighted by atomic mass is 9.89. The number of aromatic nitrogens is 3.